The zero-order valence-electron chi connectivity index (χ0n) is 13.4. The molecule has 2 atom stereocenters. The summed E-state index contributed by atoms with van der Waals surface area (Å²) in [6, 6.07) is 16.7. The van der Waals surface area contributed by atoms with E-state index in [-0.39, 0.29) is 17.9 Å². The van der Waals surface area contributed by atoms with Crippen LogP contribution in [0.3, 0.4) is 0 Å². The molecule has 1 aliphatic rings. The van der Waals surface area contributed by atoms with Gasteiger partial charge in [0.2, 0.25) is 0 Å². The number of hydrogen-bond donors (Lipinski definition) is 1. The maximum Gasteiger partial charge on any atom is 0.411 e. The summed E-state index contributed by atoms with van der Waals surface area (Å²) in [5, 5.41) is 9.62. The maximum atomic E-state index is 12.5. The Bertz CT molecular complexity index is 701. The summed E-state index contributed by atoms with van der Waals surface area (Å²) in [7, 11) is 0. The number of aromatic hydroxyl groups is 1. The lowest BCUT2D eigenvalue weighted by atomic mass is 9.90. The zero-order valence-corrected chi connectivity index (χ0v) is 13.4. The molecule has 3 rings (SSSR count). The summed E-state index contributed by atoms with van der Waals surface area (Å²) < 4.78 is 5.77. The molecule has 0 saturated carbocycles. The van der Waals surface area contributed by atoms with E-state index in [1.807, 2.05) is 50.2 Å². The van der Waals surface area contributed by atoms with Crippen LogP contribution < -0.4 is 0 Å². The van der Waals surface area contributed by atoms with Crippen molar-refractivity contribution >= 4 is 6.09 Å². The highest BCUT2D eigenvalue weighted by atomic mass is 16.6. The summed E-state index contributed by atoms with van der Waals surface area (Å²) in [6.45, 7) is 4.51. The third-order valence-corrected chi connectivity index (χ3v) is 4.58. The van der Waals surface area contributed by atoms with Crippen LogP contribution in [0.4, 0.5) is 4.79 Å². The fourth-order valence-electron chi connectivity index (χ4n) is 3.04. The molecule has 1 N–H and O–H groups in total. The molecule has 0 bridgehead atoms. The molecule has 0 aliphatic carbocycles. The van der Waals surface area contributed by atoms with Gasteiger partial charge in [0.15, 0.2) is 0 Å². The highest BCUT2D eigenvalue weighted by molar-refractivity contribution is 5.70. The van der Waals surface area contributed by atoms with Gasteiger partial charge in [-0.15, -0.1) is 0 Å². The van der Waals surface area contributed by atoms with Crippen LogP contribution in [0.1, 0.15) is 37.4 Å². The molecule has 2 aromatic carbocycles. The molecule has 1 fully saturated rings. The van der Waals surface area contributed by atoms with Crippen molar-refractivity contribution in [1.29, 1.82) is 0 Å². The molecule has 0 spiro atoms. The van der Waals surface area contributed by atoms with Gasteiger partial charge in [-0.3, -0.25) is 0 Å². The summed E-state index contributed by atoms with van der Waals surface area (Å²) in [5.74, 6) is 0.203. The number of nitrogens with zero attached hydrogens (tertiary/aromatic N) is 1. The first-order chi connectivity index (χ1) is 11.0. The van der Waals surface area contributed by atoms with Crippen molar-refractivity contribution in [2.45, 2.75) is 31.9 Å². The SMILES string of the molecule is CC(c1cccc(O)c1)N1CCC(C)(c2ccccc2)OC1=O. The molecule has 0 aromatic heterocycles. The van der Waals surface area contributed by atoms with E-state index in [0.29, 0.717) is 6.54 Å². The van der Waals surface area contributed by atoms with Crippen molar-refractivity contribution in [3.8, 4) is 5.75 Å². The van der Waals surface area contributed by atoms with Gasteiger partial charge in [-0.25, -0.2) is 4.79 Å². The van der Waals surface area contributed by atoms with Crippen molar-refractivity contribution in [3.63, 3.8) is 0 Å². The Morgan fingerprint density at radius 2 is 1.91 bits per heavy atom. The van der Waals surface area contributed by atoms with Crippen LogP contribution >= 0.6 is 0 Å². The van der Waals surface area contributed by atoms with Crippen LogP contribution in [0.15, 0.2) is 54.6 Å². The van der Waals surface area contributed by atoms with Crippen molar-refractivity contribution in [2.24, 2.45) is 0 Å². The van der Waals surface area contributed by atoms with E-state index in [4.69, 9.17) is 4.74 Å². The van der Waals surface area contributed by atoms with Crippen LogP contribution in [0.2, 0.25) is 0 Å². The molecule has 1 amide bonds. The lowest BCUT2D eigenvalue weighted by Gasteiger charge is -2.41. The van der Waals surface area contributed by atoms with Crippen molar-refractivity contribution in [1.82, 2.24) is 4.90 Å². The first-order valence-electron chi connectivity index (χ1n) is 7.84. The molecule has 4 nitrogen and oxygen atoms in total. The van der Waals surface area contributed by atoms with Gasteiger partial charge in [-0.2, -0.15) is 0 Å². The molecule has 23 heavy (non-hydrogen) atoms. The molecule has 2 aromatic rings. The Kier molecular flexibility index (Phi) is 3.99. The molecular formula is C19H21NO3. The average Bonchev–Trinajstić information content (AvgIpc) is 2.55. The van der Waals surface area contributed by atoms with E-state index in [1.54, 1.807) is 23.1 Å². The van der Waals surface area contributed by atoms with Crippen molar-refractivity contribution in [2.75, 3.05) is 6.54 Å². The van der Waals surface area contributed by atoms with Crippen LogP contribution in [0.5, 0.6) is 5.75 Å². The number of cyclic esters (lactones) is 1. The minimum absolute atomic E-state index is 0.144. The van der Waals surface area contributed by atoms with Gasteiger partial charge in [0.05, 0.1) is 6.04 Å². The summed E-state index contributed by atoms with van der Waals surface area (Å²) in [4.78, 5) is 14.2. The molecule has 120 valence electrons. The second-order valence-corrected chi connectivity index (χ2v) is 6.18. The number of hydrogen-bond acceptors (Lipinski definition) is 3. The van der Waals surface area contributed by atoms with Crippen molar-refractivity contribution < 1.29 is 14.6 Å². The Hall–Kier alpha value is -2.49. The number of rotatable bonds is 3. The van der Waals surface area contributed by atoms with Gasteiger partial charge >= 0.3 is 6.09 Å². The first kappa shape index (κ1) is 15.4. The second kappa shape index (κ2) is 5.95. The predicted molar refractivity (Wildman–Crippen MR) is 88.1 cm³/mol. The van der Waals surface area contributed by atoms with E-state index >= 15 is 0 Å². The third kappa shape index (κ3) is 3.02. The maximum absolute atomic E-state index is 12.5. The summed E-state index contributed by atoms with van der Waals surface area (Å²) in [5.41, 5.74) is 1.32. The van der Waals surface area contributed by atoms with E-state index in [2.05, 4.69) is 0 Å². The van der Waals surface area contributed by atoms with Crippen LogP contribution in [0.25, 0.3) is 0 Å². The highest BCUT2D eigenvalue weighted by Gasteiger charge is 2.39. The van der Waals surface area contributed by atoms with Gasteiger partial charge in [0.25, 0.3) is 0 Å². The Morgan fingerprint density at radius 1 is 1.17 bits per heavy atom. The third-order valence-electron chi connectivity index (χ3n) is 4.58. The largest absolute Gasteiger partial charge is 0.508 e. The summed E-state index contributed by atoms with van der Waals surface area (Å²) >= 11 is 0. The predicted octanol–water partition coefficient (Wildman–Crippen LogP) is 4.21. The zero-order chi connectivity index (χ0) is 16.4. The monoisotopic (exact) mass is 311 g/mol. The number of phenolic OH excluding ortho intramolecular Hbond substituents is 1. The molecule has 1 aliphatic heterocycles. The van der Waals surface area contributed by atoms with Crippen LogP contribution in [-0.4, -0.2) is 22.6 Å². The lowest BCUT2D eigenvalue weighted by Crippen LogP contribution is -2.47. The number of carbonyl (C=O) groups excluding carboxylic acids is 1. The number of ether oxygens (including phenoxy) is 1. The Labute approximate surface area is 136 Å². The molecular weight excluding hydrogens is 290 g/mol. The van der Waals surface area contributed by atoms with Gasteiger partial charge in [0, 0.05) is 13.0 Å². The summed E-state index contributed by atoms with van der Waals surface area (Å²) in [6.07, 6.45) is 0.407. The Balaban J connectivity index is 1.78. The van der Waals surface area contributed by atoms with E-state index < -0.39 is 5.60 Å². The van der Waals surface area contributed by atoms with Gasteiger partial charge < -0.3 is 14.7 Å². The quantitative estimate of drug-likeness (QED) is 0.923. The van der Waals surface area contributed by atoms with E-state index in [9.17, 15) is 9.90 Å². The molecule has 2 unspecified atom stereocenters. The number of amides is 1. The fourth-order valence-corrected chi connectivity index (χ4v) is 3.04. The molecule has 0 radical (unpaired) electrons. The van der Waals surface area contributed by atoms with Gasteiger partial charge in [0.1, 0.15) is 11.4 Å². The van der Waals surface area contributed by atoms with Gasteiger partial charge in [-0.05, 0) is 37.1 Å². The van der Waals surface area contributed by atoms with E-state index in [0.717, 1.165) is 17.5 Å². The number of phenols is 1. The molecule has 1 saturated heterocycles. The normalized spacial score (nSPS) is 22.5. The smallest absolute Gasteiger partial charge is 0.411 e. The van der Waals surface area contributed by atoms with Crippen LogP contribution in [0, 0.1) is 0 Å². The Morgan fingerprint density at radius 3 is 2.57 bits per heavy atom. The van der Waals surface area contributed by atoms with Crippen molar-refractivity contribution in [3.05, 3.63) is 65.7 Å². The number of benzene rings is 2. The highest BCUT2D eigenvalue weighted by Crippen LogP contribution is 2.36. The first-order valence-corrected chi connectivity index (χ1v) is 7.84. The fraction of sp³-hybridized carbons (Fsp3) is 0.316. The second-order valence-electron chi connectivity index (χ2n) is 6.18. The van der Waals surface area contributed by atoms with E-state index in [1.165, 1.54) is 0 Å². The average molecular weight is 311 g/mol. The minimum Gasteiger partial charge on any atom is -0.508 e. The number of carbonyl (C=O) groups is 1. The lowest BCUT2D eigenvalue weighted by molar-refractivity contribution is -0.0491. The minimum atomic E-state index is -0.590. The standard InChI is InChI=1S/C19H21NO3/c1-14(15-7-6-10-17(21)13-15)20-12-11-19(2,23-18(20)22)16-8-4-3-5-9-16/h3-10,13-14,21H,11-12H2,1-2H3. The van der Waals surface area contributed by atoms with Crippen LogP contribution in [-0.2, 0) is 10.3 Å². The molecule has 1 heterocycles. The molecule has 4 heteroatoms. The topological polar surface area (TPSA) is 49.8 Å². The van der Waals surface area contributed by atoms with Gasteiger partial charge in [-0.1, -0.05) is 42.5 Å².